The number of hydrogen-bond donors (Lipinski definition) is 1. The minimum atomic E-state index is -0.565. The van der Waals surface area contributed by atoms with Crippen LogP contribution in [0.3, 0.4) is 0 Å². The van der Waals surface area contributed by atoms with Crippen molar-refractivity contribution in [3.05, 3.63) is 64.7 Å². The van der Waals surface area contributed by atoms with Crippen molar-refractivity contribution >= 4 is 0 Å². The van der Waals surface area contributed by atoms with Crippen molar-refractivity contribution in [1.29, 1.82) is 0 Å². The highest BCUT2D eigenvalue weighted by atomic mass is 19.1. The lowest BCUT2D eigenvalue weighted by molar-refractivity contribution is 0.406. The molecule has 2 aromatic rings. The molecule has 100 valence electrons. The number of halogens is 2. The second-order valence-corrected chi connectivity index (χ2v) is 4.37. The first kappa shape index (κ1) is 13.5. The molecule has 0 aromatic heterocycles. The van der Waals surface area contributed by atoms with Crippen molar-refractivity contribution in [3.63, 3.8) is 0 Å². The standard InChI is InChI=1S/C15H15F2NO/c1-9-7-10(3-5-13(9)17)15(18)12-8-11(16)4-6-14(12)19-2/h3-8,15H,18H2,1-2H3. The van der Waals surface area contributed by atoms with Gasteiger partial charge in [0.15, 0.2) is 0 Å². The molecule has 0 saturated carbocycles. The molecular formula is C15H15F2NO. The molecule has 2 rings (SSSR count). The molecule has 0 aliphatic rings. The summed E-state index contributed by atoms with van der Waals surface area (Å²) in [6, 6.07) is 8.22. The van der Waals surface area contributed by atoms with Gasteiger partial charge >= 0.3 is 0 Å². The van der Waals surface area contributed by atoms with E-state index in [2.05, 4.69) is 0 Å². The molecule has 1 unspecified atom stereocenters. The number of nitrogens with two attached hydrogens (primary N) is 1. The van der Waals surface area contributed by atoms with E-state index < -0.39 is 6.04 Å². The number of methoxy groups -OCH3 is 1. The van der Waals surface area contributed by atoms with E-state index in [1.807, 2.05) is 0 Å². The molecule has 0 amide bonds. The van der Waals surface area contributed by atoms with Crippen LogP contribution in [0.1, 0.15) is 22.7 Å². The van der Waals surface area contributed by atoms with E-state index in [-0.39, 0.29) is 11.6 Å². The van der Waals surface area contributed by atoms with Gasteiger partial charge in [-0.3, -0.25) is 0 Å². The highest BCUT2D eigenvalue weighted by molar-refractivity contribution is 5.42. The maximum absolute atomic E-state index is 13.3. The molecule has 0 radical (unpaired) electrons. The summed E-state index contributed by atoms with van der Waals surface area (Å²) in [4.78, 5) is 0. The topological polar surface area (TPSA) is 35.2 Å². The van der Waals surface area contributed by atoms with Gasteiger partial charge in [-0.05, 0) is 42.3 Å². The lowest BCUT2D eigenvalue weighted by Gasteiger charge is -2.17. The summed E-state index contributed by atoms with van der Waals surface area (Å²) < 4.78 is 31.8. The summed E-state index contributed by atoms with van der Waals surface area (Å²) in [6.45, 7) is 1.66. The highest BCUT2D eigenvalue weighted by Crippen LogP contribution is 2.29. The zero-order valence-electron chi connectivity index (χ0n) is 10.8. The summed E-state index contributed by atoms with van der Waals surface area (Å²) in [5.74, 6) is -0.164. The molecule has 19 heavy (non-hydrogen) atoms. The van der Waals surface area contributed by atoms with Gasteiger partial charge in [0, 0.05) is 5.56 Å². The van der Waals surface area contributed by atoms with Gasteiger partial charge in [0.2, 0.25) is 0 Å². The van der Waals surface area contributed by atoms with Crippen LogP contribution < -0.4 is 10.5 Å². The normalized spacial score (nSPS) is 12.3. The second-order valence-electron chi connectivity index (χ2n) is 4.37. The summed E-state index contributed by atoms with van der Waals surface area (Å²) in [5, 5.41) is 0. The first-order valence-corrected chi connectivity index (χ1v) is 5.88. The Hall–Kier alpha value is -1.94. The number of benzene rings is 2. The molecule has 0 aliphatic carbocycles. The van der Waals surface area contributed by atoms with Crippen molar-refractivity contribution in [2.75, 3.05) is 7.11 Å². The molecule has 1 atom stereocenters. The molecule has 0 saturated heterocycles. The largest absolute Gasteiger partial charge is 0.496 e. The van der Waals surface area contributed by atoms with Crippen LogP contribution in [0.15, 0.2) is 36.4 Å². The van der Waals surface area contributed by atoms with Gasteiger partial charge in [-0.2, -0.15) is 0 Å². The van der Waals surface area contributed by atoms with Crippen LogP contribution in [0.2, 0.25) is 0 Å². The van der Waals surface area contributed by atoms with Crippen LogP contribution in [0, 0.1) is 18.6 Å². The number of aryl methyl sites for hydroxylation is 1. The fourth-order valence-corrected chi connectivity index (χ4v) is 1.99. The Morgan fingerprint density at radius 1 is 1.11 bits per heavy atom. The number of rotatable bonds is 3. The van der Waals surface area contributed by atoms with Crippen LogP contribution in [-0.2, 0) is 0 Å². The van der Waals surface area contributed by atoms with E-state index in [0.29, 0.717) is 22.4 Å². The Kier molecular flexibility index (Phi) is 3.81. The fraction of sp³-hybridized carbons (Fsp3) is 0.200. The minimum absolute atomic E-state index is 0.290. The molecule has 0 spiro atoms. The molecule has 4 heteroatoms. The van der Waals surface area contributed by atoms with Gasteiger partial charge in [0.05, 0.1) is 13.2 Å². The Bertz CT molecular complexity index is 599. The molecule has 2 N–H and O–H groups in total. The van der Waals surface area contributed by atoms with E-state index in [1.165, 1.54) is 31.4 Å². The lowest BCUT2D eigenvalue weighted by atomic mass is 9.97. The smallest absolute Gasteiger partial charge is 0.126 e. The zero-order chi connectivity index (χ0) is 14.0. The van der Waals surface area contributed by atoms with E-state index in [1.54, 1.807) is 19.1 Å². The Labute approximate surface area is 110 Å². The third-order valence-corrected chi connectivity index (χ3v) is 3.07. The molecule has 2 aromatic carbocycles. The first-order valence-electron chi connectivity index (χ1n) is 5.88. The minimum Gasteiger partial charge on any atom is -0.496 e. The Balaban J connectivity index is 2.45. The van der Waals surface area contributed by atoms with Gasteiger partial charge in [-0.1, -0.05) is 12.1 Å². The predicted octanol–water partition coefficient (Wildman–Crippen LogP) is 3.33. The third-order valence-electron chi connectivity index (χ3n) is 3.07. The maximum atomic E-state index is 13.3. The molecule has 2 nitrogen and oxygen atoms in total. The van der Waals surface area contributed by atoms with Crippen molar-refractivity contribution in [1.82, 2.24) is 0 Å². The van der Waals surface area contributed by atoms with Gasteiger partial charge in [-0.25, -0.2) is 8.78 Å². The SMILES string of the molecule is COc1ccc(F)cc1C(N)c1ccc(F)c(C)c1. The first-order chi connectivity index (χ1) is 9.02. The predicted molar refractivity (Wildman–Crippen MR) is 70.1 cm³/mol. The van der Waals surface area contributed by atoms with Crippen molar-refractivity contribution in [2.45, 2.75) is 13.0 Å². The molecule has 0 heterocycles. The molecule has 0 bridgehead atoms. The molecule has 0 aliphatic heterocycles. The van der Waals surface area contributed by atoms with Crippen LogP contribution in [0.4, 0.5) is 8.78 Å². The van der Waals surface area contributed by atoms with Crippen LogP contribution >= 0.6 is 0 Å². The number of hydrogen-bond acceptors (Lipinski definition) is 2. The van der Waals surface area contributed by atoms with Gasteiger partial charge < -0.3 is 10.5 Å². The Morgan fingerprint density at radius 3 is 2.47 bits per heavy atom. The zero-order valence-corrected chi connectivity index (χ0v) is 10.8. The van der Waals surface area contributed by atoms with Crippen LogP contribution in [0.5, 0.6) is 5.75 Å². The van der Waals surface area contributed by atoms with E-state index in [4.69, 9.17) is 10.5 Å². The summed E-state index contributed by atoms with van der Waals surface area (Å²) in [6.07, 6.45) is 0. The van der Waals surface area contributed by atoms with Gasteiger partial charge in [0.1, 0.15) is 17.4 Å². The van der Waals surface area contributed by atoms with Gasteiger partial charge in [0.25, 0.3) is 0 Å². The van der Waals surface area contributed by atoms with Crippen molar-refractivity contribution < 1.29 is 13.5 Å². The van der Waals surface area contributed by atoms with E-state index in [0.717, 1.165) is 0 Å². The highest BCUT2D eigenvalue weighted by Gasteiger charge is 2.15. The monoisotopic (exact) mass is 263 g/mol. The average molecular weight is 263 g/mol. The third kappa shape index (κ3) is 2.74. The second kappa shape index (κ2) is 5.36. The molecular weight excluding hydrogens is 248 g/mol. The van der Waals surface area contributed by atoms with Crippen LogP contribution in [-0.4, -0.2) is 7.11 Å². The summed E-state index contributed by atoms with van der Waals surface area (Å²) >= 11 is 0. The summed E-state index contributed by atoms with van der Waals surface area (Å²) in [7, 11) is 1.50. The van der Waals surface area contributed by atoms with Crippen molar-refractivity contribution in [3.8, 4) is 5.75 Å². The quantitative estimate of drug-likeness (QED) is 0.921. The average Bonchev–Trinajstić information content (AvgIpc) is 2.41. The van der Waals surface area contributed by atoms with E-state index >= 15 is 0 Å². The van der Waals surface area contributed by atoms with Crippen molar-refractivity contribution in [2.24, 2.45) is 5.73 Å². The van der Waals surface area contributed by atoms with Gasteiger partial charge in [-0.15, -0.1) is 0 Å². The fourth-order valence-electron chi connectivity index (χ4n) is 1.99. The Morgan fingerprint density at radius 2 is 1.84 bits per heavy atom. The summed E-state index contributed by atoms with van der Waals surface area (Å²) in [5.41, 5.74) is 7.86. The van der Waals surface area contributed by atoms with E-state index in [9.17, 15) is 8.78 Å². The maximum Gasteiger partial charge on any atom is 0.126 e. The lowest BCUT2D eigenvalue weighted by Crippen LogP contribution is -2.13. The van der Waals surface area contributed by atoms with Crippen LogP contribution in [0.25, 0.3) is 0 Å². The number of ether oxygens (including phenoxy) is 1. The molecule has 0 fully saturated rings.